The number of aromatic amines is 1. The second-order valence-corrected chi connectivity index (χ2v) is 7.42. The van der Waals surface area contributed by atoms with Crippen molar-refractivity contribution in [2.24, 2.45) is 0 Å². The Morgan fingerprint density at radius 3 is 2.88 bits per heavy atom. The van der Waals surface area contributed by atoms with Gasteiger partial charge >= 0.3 is 5.16 Å². The van der Waals surface area contributed by atoms with E-state index in [0.29, 0.717) is 10.9 Å². The number of fused-ring (bicyclic) bond motifs is 1. The van der Waals surface area contributed by atoms with Gasteiger partial charge in [0.2, 0.25) is 0 Å². The fourth-order valence-corrected chi connectivity index (χ4v) is 4.36. The second kappa shape index (κ2) is 7.46. The lowest BCUT2D eigenvalue weighted by atomic mass is 10.1. The molecule has 0 radical (unpaired) electrons. The third kappa shape index (κ3) is 3.38. The maximum Gasteiger partial charge on any atom is 0.322 e. The Kier molecular flexibility index (Phi) is 5.33. The first-order chi connectivity index (χ1) is 11.7. The van der Waals surface area contributed by atoms with Gasteiger partial charge in [-0.15, -0.1) is 11.8 Å². The van der Waals surface area contributed by atoms with Gasteiger partial charge < -0.3 is 9.29 Å². The van der Waals surface area contributed by atoms with Crippen LogP contribution in [0.4, 0.5) is 0 Å². The predicted octanol–water partition coefficient (Wildman–Crippen LogP) is 3.56. The summed E-state index contributed by atoms with van der Waals surface area (Å²) in [7, 11) is 1.61. The van der Waals surface area contributed by atoms with Crippen LogP contribution in [0.1, 0.15) is 18.2 Å². The van der Waals surface area contributed by atoms with Crippen molar-refractivity contribution in [3.05, 3.63) is 41.7 Å². The molecule has 1 aromatic carbocycles. The maximum atomic E-state index is 12.7. The van der Waals surface area contributed by atoms with E-state index in [-0.39, 0.29) is 0 Å². The first kappa shape index (κ1) is 17.1. The Labute approximate surface area is 148 Å². The van der Waals surface area contributed by atoms with Crippen LogP contribution >= 0.6 is 11.8 Å². The van der Waals surface area contributed by atoms with E-state index in [0.717, 1.165) is 34.5 Å². The number of hydrogen-bond donors (Lipinski definition) is 1. The van der Waals surface area contributed by atoms with E-state index in [1.807, 2.05) is 30.5 Å². The quantitative estimate of drug-likeness (QED) is 0.537. The molecule has 1 unspecified atom stereocenters. The Balaban J connectivity index is 1.88. The Morgan fingerprint density at radius 1 is 1.33 bits per heavy atom. The third-order valence-corrected chi connectivity index (χ3v) is 5.81. The highest BCUT2D eigenvalue weighted by Crippen LogP contribution is 2.26. The number of benzene rings is 1. The van der Waals surface area contributed by atoms with Crippen LogP contribution in [0, 0.1) is 0 Å². The Hall–Kier alpha value is -1.70. The van der Waals surface area contributed by atoms with E-state index >= 15 is 0 Å². The van der Waals surface area contributed by atoms with Crippen LogP contribution in [0.5, 0.6) is 5.75 Å². The molecule has 0 aliphatic heterocycles. The average molecular weight is 361 g/mol. The molecule has 2 heterocycles. The molecule has 24 heavy (non-hydrogen) atoms. The van der Waals surface area contributed by atoms with E-state index in [1.54, 1.807) is 25.1 Å². The summed E-state index contributed by atoms with van der Waals surface area (Å²) < 4.78 is 17.9. The number of rotatable bonds is 6. The Bertz CT molecular complexity index is 851. The second-order valence-electron chi connectivity index (χ2n) is 5.21. The highest BCUT2D eigenvalue weighted by atomic mass is 32.2. The van der Waals surface area contributed by atoms with Crippen molar-refractivity contribution in [2.75, 3.05) is 13.4 Å². The summed E-state index contributed by atoms with van der Waals surface area (Å²) in [4.78, 5) is 13.2. The van der Waals surface area contributed by atoms with Gasteiger partial charge in [-0.1, -0.05) is 6.92 Å². The summed E-state index contributed by atoms with van der Waals surface area (Å²) in [5.74, 6) is 1.09. The number of methoxy groups -OCH3 is 1. The largest absolute Gasteiger partial charge is 0.609 e. The molecule has 3 rings (SSSR count). The maximum absolute atomic E-state index is 12.7. The fourth-order valence-electron chi connectivity index (χ4n) is 2.60. The molecule has 1 atom stereocenters. The summed E-state index contributed by atoms with van der Waals surface area (Å²) in [5, 5.41) is 0.469. The predicted molar refractivity (Wildman–Crippen MR) is 98.2 cm³/mol. The molecule has 0 saturated carbocycles. The van der Waals surface area contributed by atoms with Crippen LogP contribution in [0.25, 0.3) is 11.0 Å². The molecule has 0 aliphatic rings. The summed E-state index contributed by atoms with van der Waals surface area (Å²) in [5.41, 5.74) is 3.64. The van der Waals surface area contributed by atoms with Crippen molar-refractivity contribution in [3.63, 3.8) is 0 Å². The van der Waals surface area contributed by atoms with E-state index in [4.69, 9.17) is 4.74 Å². The topological polar surface area (TPSA) is 73.9 Å². The zero-order chi connectivity index (χ0) is 17.1. The van der Waals surface area contributed by atoms with Crippen molar-refractivity contribution in [1.29, 1.82) is 0 Å². The van der Waals surface area contributed by atoms with Crippen LogP contribution in [-0.2, 0) is 23.3 Å². The van der Waals surface area contributed by atoms with Gasteiger partial charge in [0.15, 0.2) is 5.75 Å². The van der Waals surface area contributed by atoms with Crippen LogP contribution in [0.3, 0.4) is 0 Å². The van der Waals surface area contributed by atoms with Gasteiger partial charge in [-0.05, 0) is 36.4 Å². The molecule has 126 valence electrons. The minimum atomic E-state index is -1.28. The van der Waals surface area contributed by atoms with Crippen molar-refractivity contribution in [3.8, 4) is 5.75 Å². The number of H-pyrrole nitrogens is 1. The molecule has 1 N–H and O–H groups in total. The van der Waals surface area contributed by atoms with Crippen molar-refractivity contribution in [2.45, 2.75) is 29.1 Å². The monoisotopic (exact) mass is 361 g/mol. The van der Waals surface area contributed by atoms with E-state index in [2.05, 4.69) is 21.9 Å². The Morgan fingerprint density at radius 2 is 2.17 bits per heavy atom. The lowest BCUT2D eigenvalue weighted by Crippen LogP contribution is -2.10. The lowest BCUT2D eigenvalue weighted by molar-refractivity contribution is 0.415. The molecule has 0 bridgehead atoms. The highest BCUT2D eigenvalue weighted by Gasteiger charge is 2.20. The summed E-state index contributed by atoms with van der Waals surface area (Å²) in [6, 6.07) is 7.57. The van der Waals surface area contributed by atoms with Gasteiger partial charge in [0.05, 0.1) is 23.8 Å². The summed E-state index contributed by atoms with van der Waals surface area (Å²) in [6.45, 7) is 2.09. The number of ether oxygens (including phenoxy) is 1. The fraction of sp³-hybridized carbons (Fsp3) is 0.294. The van der Waals surface area contributed by atoms with Crippen molar-refractivity contribution >= 4 is 34.0 Å². The van der Waals surface area contributed by atoms with Gasteiger partial charge in [-0.2, -0.15) is 4.98 Å². The van der Waals surface area contributed by atoms with Crippen molar-refractivity contribution in [1.82, 2.24) is 15.0 Å². The SMILES string of the molecule is CCc1c(SC)ccnc1C[S+]([O-])c1nc2cc(OC)ccc2[nH]1. The molecule has 0 fully saturated rings. The number of nitrogens with zero attached hydrogens (tertiary/aromatic N) is 2. The molecule has 0 aliphatic carbocycles. The first-order valence-corrected chi connectivity index (χ1v) is 10.1. The van der Waals surface area contributed by atoms with Crippen LogP contribution in [-0.4, -0.2) is 32.9 Å². The lowest BCUT2D eigenvalue weighted by Gasteiger charge is -2.12. The zero-order valence-electron chi connectivity index (χ0n) is 13.8. The van der Waals surface area contributed by atoms with Crippen LogP contribution in [0.2, 0.25) is 0 Å². The third-order valence-electron chi connectivity index (χ3n) is 3.83. The summed E-state index contributed by atoms with van der Waals surface area (Å²) in [6.07, 6.45) is 4.69. The zero-order valence-corrected chi connectivity index (χ0v) is 15.5. The smallest absolute Gasteiger partial charge is 0.322 e. The molecule has 7 heteroatoms. The van der Waals surface area contributed by atoms with E-state index in [9.17, 15) is 4.55 Å². The number of pyridine rings is 1. The number of nitrogens with one attached hydrogen (secondary N) is 1. The minimum absolute atomic E-state index is 0.356. The summed E-state index contributed by atoms with van der Waals surface area (Å²) >= 11 is 0.412. The number of aromatic nitrogens is 3. The molecule has 0 saturated heterocycles. The first-order valence-electron chi connectivity index (χ1n) is 7.59. The molecule has 0 spiro atoms. The molecular formula is C17H19N3O2S2. The van der Waals surface area contributed by atoms with Gasteiger partial charge in [0.1, 0.15) is 5.75 Å². The van der Waals surface area contributed by atoms with Gasteiger partial charge in [-0.25, -0.2) is 0 Å². The van der Waals surface area contributed by atoms with Crippen LogP contribution in [0.15, 0.2) is 40.5 Å². The molecular weight excluding hydrogens is 342 g/mol. The minimum Gasteiger partial charge on any atom is -0.609 e. The highest BCUT2D eigenvalue weighted by molar-refractivity contribution is 7.98. The molecule has 0 amide bonds. The van der Waals surface area contributed by atoms with Crippen LogP contribution < -0.4 is 4.74 Å². The molecule has 5 nitrogen and oxygen atoms in total. The van der Waals surface area contributed by atoms with Gasteiger partial charge in [0.25, 0.3) is 0 Å². The van der Waals surface area contributed by atoms with E-state index < -0.39 is 11.2 Å². The normalized spacial score (nSPS) is 12.5. The molecule has 2 aromatic heterocycles. The average Bonchev–Trinajstić information content (AvgIpc) is 3.04. The van der Waals surface area contributed by atoms with Crippen molar-refractivity contribution < 1.29 is 9.29 Å². The number of hydrogen-bond acceptors (Lipinski definition) is 5. The van der Waals surface area contributed by atoms with E-state index in [1.165, 1.54) is 4.90 Å². The van der Waals surface area contributed by atoms with Gasteiger partial charge in [0, 0.05) is 28.3 Å². The van der Waals surface area contributed by atoms with Gasteiger partial charge in [-0.3, -0.25) is 9.97 Å². The standard InChI is InChI=1S/C17H19N3O2S2/c1-4-12-15(18-8-7-16(12)23-3)10-24(21)17-19-13-6-5-11(22-2)9-14(13)20-17/h5-9H,4,10H2,1-3H3,(H,19,20). The number of imidazole rings is 1. The molecule has 3 aromatic rings. The number of thioether (sulfide) groups is 1.